The normalized spacial score (nSPS) is 24.0. The topological polar surface area (TPSA) is 100 Å². The van der Waals surface area contributed by atoms with Gasteiger partial charge in [0, 0.05) is 138 Å². The van der Waals surface area contributed by atoms with E-state index >= 15 is 0 Å². The Balaban J connectivity index is 0.000000391. The molecule has 10 saturated heterocycles. The average molecular weight is 1480 g/mol. The number of likely N-dealkylation sites (tertiary alicyclic amines) is 4. The molecule has 4 unspecified atom stereocenters. The number of aromatic nitrogens is 2. The number of nitrogens with zero attached hydrogens (tertiary/aromatic N) is 10. The van der Waals surface area contributed by atoms with Crippen LogP contribution in [0.3, 0.4) is 0 Å². The molecule has 0 spiro atoms. The van der Waals surface area contributed by atoms with Crippen LogP contribution in [-0.2, 0) is 22.6 Å². The number of hydrogen-bond donors (Lipinski definition) is 3. The molecular weight excluding hydrogens is 1300 g/mol. The second-order valence-electron chi connectivity index (χ2n) is 37.1. The minimum atomic E-state index is 0.635. The maximum atomic E-state index is 5.28. The standard InChI is InChI=1S/C10H19N.C9H18N2.C9H19N.C9H18O.C8H13N3.C8H17N.C7H15NO.C7H15N.C7H13N.C6H13N.C5H13N.C5H12/c1-8(2)11-9-4-3-5-10(11)7-6-9;1-7(2)11-5-8-3-10-4-9(8)6-11;2*1-8(2)7-9-3-5-10-6-4-9;1-6(2)11-4-7-3-9-10-8(7)5-11;1-8(2)9-6-4-3-5-7-9;1-7(2)8-3-5-9-6-4-8;2*1-7(2)8-5-3-4-6-8;1-6(2)7-4-3-5-7;1-5(2)6(3)4;1-4-5(2)3/h8-10H,3-7H2,1-2H3;7-10H,3-6H2,1-2H3;8-10H,3-7H2,1-2H3;8-9H,3-7H2,1-2H3;3,6H,4-5H2,1-2H3,(H,9,10);8H,3-7H2,1-2H3;7H,3-6H2,1-2H3;7H,3-6H2,1-2H3;3-4,7H,5-6H2,1-2H3;6H,3-5H2,1-2H3;5H,1-4H3;5H,4H2,1-3H3. The Labute approximate surface area is 655 Å². The maximum Gasteiger partial charge on any atom is 0.0594 e. The van der Waals surface area contributed by atoms with Gasteiger partial charge in [-0.25, -0.2) is 0 Å². The summed E-state index contributed by atoms with van der Waals surface area (Å²) in [6.45, 7) is 82.6. The number of piperidine rings is 3. The number of rotatable bonds is 14. The third kappa shape index (κ3) is 45.1. The van der Waals surface area contributed by atoms with Crippen LogP contribution in [0, 0.1) is 41.4 Å². The summed E-state index contributed by atoms with van der Waals surface area (Å²) in [5.74, 6) is 6.52. The number of ether oxygens (including phenoxy) is 2. The van der Waals surface area contributed by atoms with Crippen molar-refractivity contribution in [2.75, 3.05) is 145 Å². The lowest BCUT2D eigenvalue weighted by Crippen LogP contribution is -2.43. The molecule has 15 heteroatoms. The summed E-state index contributed by atoms with van der Waals surface area (Å²) in [6.07, 6.45) is 31.8. The third-order valence-electron chi connectivity index (χ3n) is 24.0. The van der Waals surface area contributed by atoms with Gasteiger partial charge >= 0.3 is 0 Å². The largest absolute Gasteiger partial charge is 0.381 e. The lowest BCUT2D eigenvalue weighted by Gasteiger charge is -2.37. The van der Waals surface area contributed by atoms with Crippen molar-refractivity contribution in [3.63, 3.8) is 0 Å². The fraction of sp³-hybridized carbons (Fsp3) is 0.944. The molecule has 15 nitrogen and oxygen atoms in total. The van der Waals surface area contributed by atoms with Crippen LogP contribution in [0.1, 0.15) is 300 Å². The highest BCUT2D eigenvalue weighted by Gasteiger charge is 2.38. The predicted octanol–water partition coefficient (Wildman–Crippen LogP) is 18.1. The third-order valence-corrected chi connectivity index (χ3v) is 24.0. The monoisotopic (exact) mass is 1480 g/mol. The van der Waals surface area contributed by atoms with Crippen LogP contribution < -0.4 is 10.6 Å². The summed E-state index contributed by atoms with van der Waals surface area (Å²) in [5.41, 5.74) is 2.65. The molecule has 13 heterocycles. The quantitative estimate of drug-likeness (QED) is 0.154. The first-order chi connectivity index (χ1) is 49.8. The molecule has 4 atom stereocenters. The SMILES string of the molecule is CC(C)CC1CCNCC1.CC(C)CC1CCOCC1.CC(C)N(C)C.CC(C)N1C2CCCC1CC2.CC(C)N1CC2CNCC2C1.CC(C)N1CC=CC1.CC(C)N1CCC1.CC(C)N1CCCC1.CC(C)N1CCCCC1.CC(C)N1CCOCC1.CC(C)N1Cc2cn[nH]c2C1.CCC(C)C. The fourth-order valence-corrected chi connectivity index (χ4v) is 15.8. The second-order valence-corrected chi connectivity index (χ2v) is 37.1. The van der Waals surface area contributed by atoms with E-state index in [1.165, 1.54) is 205 Å². The molecule has 3 N–H and O–H groups in total. The zero-order chi connectivity index (χ0) is 78.4. The van der Waals surface area contributed by atoms with Gasteiger partial charge in [0.1, 0.15) is 0 Å². The zero-order valence-electron chi connectivity index (χ0n) is 75.2. The zero-order valence-corrected chi connectivity index (χ0v) is 75.2. The van der Waals surface area contributed by atoms with Gasteiger partial charge in [0.05, 0.1) is 25.1 Å². The van der Waals surface area contributed by atoms with Gasteiger partial charge < -0.3 is 44.6 Å². The highest BCUT2D eigenvalue weighted by atomic mass is 16.5. The van der Waals surface area contributed by atoms with Crippen molar-refractivity contribution in [1.29, 1.82) is 0 Å². The first kappa shape index (κ1) is 99.5. The van der Waals surface area contributed by atoms with Gasteiger partial charge in [0.15, 0.2) is 0 Å². The van der Waals surface area contributed by atoms with E-state index in [1.54, 1.807) is 0 Å². The molecule has 12 aliphatic heterocycles. The molecule has 0 aliphatic carbocycles. The van der Waals surface area contributed by atoms with Crippen molar-refractivity contribution in [1.82, 2.24) is 64.9 Å². The van der Waals surface area contributed by atoms with Crippen molar-refractivity contribution < 1.29 is 9.47 Å². The van der Waals surface area contributed by atoms with E-state index in [-0.39, 0.29) is 0 Å². The lowest BCUT2D eigenvalue weighted by atomic mass is 9.89. The van der Waals surface area contributed by atoms with Crippen LogP contribution >= 0.6 is 0 Å². The Kier molecular flexibility index (Phi) is 55.3. The molecule has 0 saturated carbocycles. The van der Waals surface area contributed by atoms with Crippen LogP contribution in [0.4, 0.5) is 0 Å². The van der Waals surface area contributed by atoms with Crippen molar-refractivity contribution in [2.45, 2.75) is 368 Å². The van der Waals surface area contributed by atoms with Gasteiger partial charge in [-0.05, 0) is 342 Å². The highest BCUT2D eigenvalue weighted by molar-refractivity contribution is 5.20. The van der Waals surface area contributed by atoms with Crippen molar-refractivity contribution >= 4 is 0 Å². The minimum Gasteiger partial charge on any atom is -0.381 e. The summed E-state index contributed by atoms with van der Waals surface area (Å²) in [6, 6.07) is 8.49. The highest BCUT2D eigenvalue weighted by Crippen LogP contribution is 2.37. The Bertz CT molecular complexity index is 2030. The summed E-state index contributed by atoms with van der Waals surface area (Å²) in [5, 5.41) is 13.8. The Morgan fingerprint density at radius 2 is 0.800 bits per heavy atom. The van der Waals surface area contributed by atoms with E-state index in [1.807, 2.05) is 6.20 Å². The predicted molar refractivity (Wildman–Crippen MR) is 460 cm³/mol. The minimum absolute atomic E-state index is 0.635. The first-order valence-electron chi connectivity index (χ1n) is 44.7. The van der Waals surface area contributed by atoms with Crippen LogP contribution in [0.15, 0.2) is 18.3 Å². The first-order valence-corrected chi connectivity index (χ1v) is 44.7. The average Bonchev–Trinajstić information content (AvgIpc) is 1.70. The fourth-order valence-electron chi connectivity index (χ4n) is 15.8. The molecule has 12 aliphatic rings. The van der Waals surface area contributed by atoms with Gasteiger partial charge in [-0.1, -0.05) is 79.9 Å². The summed E-state index contributed by atoms with van der Waals surface area (Å²) in [4.78, 5) is 22.4. The number of nitrogens with one attached hydrogen (secondary N) is 3. The van der Waals surface area contributed by atoms with Crippen LogP contribution in [0.25, 0.3) is 0 Å². The number of hydrogen-bond acceptors (Lipinski definition) is 14. The molecule has 2 bridgehead atoms. The van der Waals surface area contributed by atoms with Crippen LogP contribution in [-0.4, -0.2) is 266 Å². The van der Waals surface area contributed by atoms with Crippen LogP contribution in [0.2, 0.25) is 0 Å². The van der Waals surface area contributed by atoms with Crippen molar-refractivity contribution in [3.05, 3.63) is 29.6 Å². The molecule has 1 aromatic rings. The molecule has 622 valence electrons. The van der Waals surface area contributed by atoms with E-state index in [9.17, 15) is 0 Å². The van der Waals surface area contributed by atoms with Crippen molar-refractivity contribution in [2.24, 2.45) is 41.4 Å². The summed E-state index contributed by atoms with van der Waals surface area (Å²) >= 11 is 0. The molecular formula is C90H185N13O2. The molecule has 13 rings (SSSR count). The van der Waals surface area contributed by atoms with Crippen molar-refractivity contribution in [3.8, 4) is 0 Å². The van der Waals surface area contributed by atoms with E-state index in [0.717, 1.165) is 149 Å². The second kappa shape index (κ2) is 58.3. The molecule has 0 aromatic carbocycles. The number of fused-ring (bicyclic) bond motifs is 4. The Morgan fingerprint density at radius 3 is 1.12 bits per heavy atom. The molecule has 0 radical (unpaired) electrons. The van der Waals surface area contributed by atoms with Gasteiger partial charge in [-0.2, -0.15) is 5.10 Å². The van der Waals surface area contributed by atoms with Gasteiger partial charge in [-0.15, -0.1) is 0 Å². The number of H-pyrrole nitrogens is 1. The van der Waals surface area contributed by atoms with E-state index in [2.05, 4.69) is 264 Å². The van der Waals surface area contributed by atoms with E-state index in [0.29, 0.717) is 24.2 Å². The van der Waals surface area contributed by atoms with E-state index < -0.39 is 0 Å². The van der Waals surface area contributed by atoms with E-state index in [4.69, 9.17) is 9.47 Å². The van der Waals surface area contributed by atoms with Gasteiger partial charge in [-0.3, -0.25) is 24.7 Å². The van der Waals surface area contributed by atoms with Gasteiger partial charge in [0.25, 0.3) is 0 Å². The Morgan fingerprint density at radius 1 is 0.410 bits per heavy atom. The van der Waals surface area contributed by atoms with Crippen LogP contribution in [0.5, 0.6) is 0 Å². The Hall–Kier alpha value is -1.57. The molecule has 0 amide bonds. The summed E-state index contributed by atoms with van der Waals surface area (Å²) < 4.78 is 10.5. The number of morpholine rings is 1. The molecule has 105 heavy (non-hydrogen) atoms. The summed E-state index contributed by atoms with van der Waals surface area (Å²) in [7, 11) is 4.15. The number of aromatic amines is 1. The molecule has 10 fully saturated rings. The maximum absolute atomic E-state index is 5.28. The molecule has 1 aromatic heterocycles. The lowest BCUT2D eigenvalue weighted by molar-refractivity contribution is 0.0238. The van der Waals surface area contributed by atoms with Gasteiger partial charge in [0.2, 0.25) is 0 Å². The smallest absolute Gasteiger partial charge is 0.0594 e.